The molecular weight excluding hydrogens is 242 g/mol. The summed E-state index contributed by atoms with van der Waals surface area (Å²) >= 11 is 0. The van der Waals surface area contributed by atoms with Crippen LogP contribution in [0.1, 0.15) is 5.56 Å². The van der Waals surface area contributed by atoms with Crippen molar-refractivity contribution in [2.24, 2.45) is 5.92 Å². The second-order valence-electron chi connectivity index (χ2n) is 4.91. The van der Waals surface area contributed by atoms with Crippen LogP contribution in [0.15, 0.2) is 42.5 Å². The molecule has 1 fully saturated rings. The van der Waals surface area contributed by atoms with E-state index in [1.54, 1.807) is 0 Å². The Morgan fingerprint density at radius 1 is 1.11 bits per heavy atom. The van der Waals surface area contributed by atoms with E-state index in [0.29, 0.717) is 11.7 Å². The zero-order valence-electron chi connectivity index (χ0n) is 10.3. The first-order chi connectivity index (χ1) is 8.83. The summed E-state index contributed by atoms with van der Waals surface area (Å²) < 4.78 is 12.1. The smallest absolute Gasteiger partial charge is 0.0491 e. The number of rotatable bonds is 4. The summed E-state index contributed by atoms with van der Waals surface area (Å²) in [7, 11) is -0.746. The fourth-order valence-corrected chi connectivity index (χ4v) is 3.86. The topological polar surface area (TPSA) is 29.1 Å². The van der Waals surface area contributed by atoms with Gasteiger partial charge in [0.05, 0.1) is 0 Å². The van der Waals surface area contributed by atoms with E-state index in [2.05, 4.69) is 35.6 Å². The van der Waals surface area contributed by atoms with Gasteiger partial charge in [0, 0.05) is 35.4 Å². The summed E-state index contributed by atoms with van der Waals surface area (Å²) in [6.07, 6.45) is 0. The van der Waals surface area contributed by atoms with E-state index in [9.17, 15) is 4.21 Å². The number of hydrogen-bond acceptors (Lipinski definition) is 2. The van der Waals surface area contributed by atoms with Crippen molar-refractivity contribution in [3.8, 4) is 0 Å². The van der Waals surface area contributed by atoms with Crippen LogP contribution in [0.25, 0.3) is 10.8 Å². The summed E-state index contributed by atoms with van der Waals surface area (Å²) in [5, 5.41) is 5.70. The molecule has 0 saturated carbocycles. The van der Waals surface area contributed by atoms with Crippen LogP contribution < -0.4 is 5.32 Å². The predicted molar refractivity (Wildman–Crippen MR) is 77.0 cm³/mol. The molecule has 1 unspecified atom stereocenters. The van der Waals surface area contributed by atoms with E-state index in [1.807, 2.05) is 12.1 Å². The van der Waals surface area contributed by atoms with E-state index >= 15 is 0 Å². The molecule has 18 heavy (non-hydrogen) atoms. The fourth-order valence-electron chi connectivity index (χ4n) is 2.38. The molecule has 0 spiro atoms. The van der Waals surface area contributed by atoms with Crippen molar-refractivity contribution in [1.82, 2.24) is 5.32 Å². The van der Waals surface area contributed by atoms with Gasteiger partial charge in [-0.2, -0.15) is 0 Å². The highest BCUT2D eigenvalue weighted by Gasteiger charge is 2.19. The highest BCUT2D eigenvalue weighted by Crippen LogP contribution is 2.20. The molecule has 0 aromatic heterocycles. The van der Waals surface area contributed by atoms with Crippen LogP contribution in [0.2, 0.25) is 0 Å². The van der Waals surface area contributed by atoms with E-state index in [4.69, 9.17) is 0 Å². The average molecular weight is 259 g/mol. The molecule has 94 valence electrons. The number of nitrogens with one attached hydrogen (secondary N) is 1. The fraction of sp³-hybridized carbons (Fsp3) is 0.333. The van der Waals surface area contributed by atoms with Gasteiger partial charge in [0.2, 0.25) is 0 Å². The molecule has 1 N–H and O–H groups in total. The molecule has 2 nitrogen and oxygen atoms in total. The number of fused-ring (bicyclic) bond motifs is 1. The summed E-state index contributed by atoms with van der Waals surface area (Å²) in [6, 6.07) is 14.6. The minimum Gasteiger partial charge on any atom is -0.316 e. The zero-order chi connectivity index (χ0) is 12.4. The standard InChI is InChI=1S/C15H17NOS/c17-18(10-12-8-16-9-12)11-14-6-3-5-13-4-1-2-7-15(13)14/h1-7,12,16H,8-11H2. The lowest BCUT2D eigenvalue weighted by Gasteiger charge is -2.26. The molecule has 1 saturated heterocycles. The van der Waals surface area contributed by atoms with Gasteiger partial charge in [-0.3, -0.25) is 4.21 Å². The van der Waals surface area contributed by atoms with Crippen molar-refractivity contribution >= 4 is 21.6 Å². The van der Waals surface area contributed by atoms with E-state index in [1.165, 1.54) is 16.3 Å². The van der Waals surface area contributed by atoms with E-state index in [-0.39, 0.29) is 0 Å². The Bertz CT molecular complexity index is 572. The average Bonchev–Trinajstić information content (AvgIpc) is 2.34. The first kappa shape index (κ1) is 11.9. The maximum atomic E-state index is 12.1. The molecular formula is C15H17NOS. The van der Waals surface area contributed by atoms with Crippen molar-refractivity contribution in [1.29, 1.82) is 0 Å². The Balaban J connectivity index is 1.79. The van der Waals surface area contributed by atoms with Crippen LogP contribution in [0, 0.1) is 5.92 Å². The van der Waals surface area contributed by atoms with Gasteiger partial charge >= 0.3 is 0 Å². The van der Waals surface area contributed by atoms with Gasteiger partial charge in [-0.25, -0.2) is 0 Å². The number of benzene rings is 2. The Morgan fingerprint density at radius 3 is 2.67 bits per heavy atom. The highest BCUT2D eigenvalue weighted by atomic mass is 32.2. The van der Waals surface area contributed by atoms with E-state index < -0.39 is 10.8 Å². The van der Waals surface area contributed by atoms with Crippen molar-refractivity contribution in [2.75, 3.05) is 18.8 Å². The first-order valence-corrected chi connectivity index (χ1v) is 7.84. The summed E-state index contributed by atoms with van der Waals surface area (Å²) in [6.45, 7) is 2.06. The van der Waals surface area contributed by atoms with Gasteiger partial charge in [-0.15, -0.1) is 0 Å². The molecule has 0 amide bonds. The highest BCUT2D eigenvalue weighted by molar-refractivity contribution is 7.84. The molecule has 1 aliphatic rings. The molecule has 1 atom stereocenters. The van der Waals surface area contributed by atoms with Crippen LogP contribution in [0.3, 0.4) is 0 Å². The maximum absolute atomic E-state index is 12.1. The Hall–Kier alpha value is -1.19. The number of hydrogen-bond donors (Lipinski definition) is 1. The molecule has 2 aromatic carbocycles. The zero-order valence-corrected chi connectivity index (χ0v) is 11.1. The Morgan fingerprint density at radius 2 is 1.89 bits per heavy atom. The van der Waals surface area contributed by atoms with Crippen LogP contribution in [-0.4, -0.2) is 23.1 Å². The summed E-state index contributed by atoms with van der Waals surface area (Å²) in [4.78, 5) is 0. The molecule has 0 radical (unpaired) electrons. The lowest BCUT2D eigenvalue weighted by molar-refractivity contribution is 0.382. The Labute approximate surface area is 110 Å². The third-order valence-electron chi connectivity index (χ3n) is 3.48. The molecule has 1 aliphatic heterocycles. The predicted octanol–water partition coefficient (Wildman–Crippen LogP) is 2.31. The van der Waals surface area contributed by atoms with Crippen LogP contribution in [0.4, 0.5) is 0 Å². The first-order valence-electron chi connectivity index (χ1n) is 6.35. The van der Waals surface area contributed by atoms with Gasteiger partial charge in [-0.1, -0.05) is 42.5 Å². The molecule has 3 rings (SSSR count). The van der Waals surface area contributed by atoms with E-state index in [0.717, 1.165) is 18.8 Å². The van der Waals surface area contributed by atoms with Gasteiger partial charge < -0.3 is 5.32 Å². The van der Waals surface area contributed by atoms with Gasteiger partial charge in [-0.05, 0) is 22.3 Å². The maximum Gasteiger partial charge on any atom is 0.0491 e. The SMILES string of the molecule is O=S(Cc1cccc2ccccc12)CC1CNC1. The minimum atomic E-state index is -0.746. The van der Waals surface area contributed by atoms with Crippen molar-refractivity contribution in [2.45, 2.75) is 5.75 Å². The quantitative estimate of drug-likeness (QED) is 0.913. The second-order valence-corrected chi connectivity index (χ2v) is 6.42. The van der Waals surface area contributed by atoms with Crippen LogP contribution in [0.5, 0.6) is 0 Å². The third-order valence-corrected chi connectivity index (χ3v) is 4.96. The third kappa shape index (κ3) is 2.47. The van der Waals surface area contributed by atoms with Gasteiger partial charge in [0.25, 0.3) is 0 Å². The van der Waals surface area contributed by atoms with Gasteiger partial charge in [0.1, 0.15) is 0 Å². The van der Waals surface area contributed by atoms with Crippen molar-refractivity contribution in [3.05, 3.63) is 48.0 Å². The summed E-state index contributed by atoms with van der Waals surface area (Å²) in [5.74, 6) is 2.12. The molecule has 2 aromatic rings. The molecule has 0 aliphatic carbocycles. The largest absolute Gasteiger partial charge is 0.316 e. The van der Waals surface area contributed by atoms with Crippen molar-refractivity contribution in [3.63, 3.8) is 0 Å². The van der Waals surface area contributed by atoms with Crippen LogP contribution in [-0.2, 0) is 16.6 Å². The Kier molecular flexibility index (Phi) is 3.43. The molecule has 1 heterocycles. The van der Waals surface area contributed by atoms with Gasteiger partial charge in [0.15, 0.2) is 0 Å². The minimum absolute atomic E-state index is 0.612. The normalized spacial score (nSPS) is 17.6. The summed E-state index contributed by atoms with van der Waals surface area (Å²) in [5.41, 5.74) is 1.21. The monoisotopic (exact) mass is 259 g/mol. The lowest BCUT2D eigenvalue weighted by Crippen LogP contribution is -2.44. The second kappa shape index (κ2) is 5.21. The van der Waals surface area contributed by atoms with Crippen LogP contribution >= 0.6 is 0 Å². The molecule has 0 bridgehead atoms. The lowest BCUT2D eigenvalue weighted by atomic mass is 10.1. The van der Waals surface area contributed by atoms with Crippen molar-refractivity contribution < 1.29 is 4.21 Å². The molecule has 3 heteroatoms.